The number of hydrogen-bond acceptors (Lipinski definition) is 3. The number of amides is 1. The van der Waals surface area contributed by atoms with Crippen molar-refractivity contribution < 1.29 is 4.79 Å². The molecule has 0 saturated heterocycles. The molecule has 0 spiro atoms. The van der Waals surface area contributed by atoms with Crippen molar-refractivity contribution >= 4 is 29.4 Å². The Labute approximate surface area is 113 Å². The second-order valence-corrected chi connectivity index (χ2v) is 4.98. The van der Waals surface area contributed by atoms with E-state index in [0.717, 1.165) is 17.7 Å². The molecule has 0 radical (unpaired) electrons. The minimum absolute atomic E-state index is 0.0571. The number of carbonyl (C=O) groups excluding carboxylic acids is 1. The quantitative estimate of drug-likeness (QED) is 0.613. The Morgan fingerprint density at radius 2 is 2.33 bits per heavy atom. The maximum Gasteiger partial charge on any atom is 0.244 e. The third-order valence-corrected chi connectivity index (χ3v) is 3.28. The van der Waals surface area contributed by atoms with Gasteiger partial charge in [0.2, 0.25) is 5.91 Å². The van der Waals surface area contributed by atoms with E-state index in [0.29, 0.717) is 5.69 Å². The van der Waals surface area contributed by atoms with Crippen molar-refractivity contribution in [3.05, 3.63) is 35.9 Å². The number of rotatable bonds is 6. The Morgan fingerprint density at radius 3 is 2.94 bits per heavy atom. The average molecular weight is 264 g/mol. The summed E-state index contributed by atoms with van der Waals surface area (Å²) in [5, 5.41) is 2.97. The number of hydrogen-bond donors (Lipinski definition) is 2. The number of anilines is 1. The number of carbonyl (C=O) groups is 1. The summed E-state index contributed by atoms with van der Waals surface area (Å²) >= 11 is 1.74. The lowest BCUT2D eigenvalue weighted by atomic mass is 10.2. The first kappa shape index (κ1) is 14.6. The largest absolute Gasteiger partial charge is 0.399 e. The van der Waals surface area contributed by atoms with Crippen LogP contribution in [0, 0.1) is 0 Å². The molecule has 18 heavy (non-hydrogen) atoms. The highest BCUT2D eigenvalue weighted by molar-refractivity contribution is 7.98. The molecule has 0 saturated carbocycles. The lowest BCUT2D eigenvalue weighted by Gasteiger charge is -2.13. The molecule has 3 nitrogen and oxygen atoms in total. The Balaban J connectivity index is 2.53. The molecule has 0 heterocycles. The van der Waals surface area contributed by atoms with E-state index in [4.69, 9.17) is 5.73 Å². The Bertz CT molecular complexity index is 418. The molecule has 0 aromatic heterocycles. The molecule has 1 unspecified atom stereocenters. The van der Waals surface area contributed by atoms with Crippen LogP contribution in [0.1, 0.15) is 18.9 Å². The van der Waals surface area contributed by atoms with Gasteiger partial charge in [0.25, 0.3) is 0 Å². The van der Waals surface area contributed by atoms with Gasteiger partial charge in [-0.15, -0.1) is 0 Å². The van der Waals surface area contributed by atoms with Crippen LogP contribution in [0.3, 0.4) is 0 Å². The Morgan fingerprint density at radius 1 is 1.56 bits per heavy atom. The van der Waals surface area contributed by atoms with E-state index in [9.17, 15) is 4.79 Å². The molecule has 0 aliphatic rings. The van der Waals surface area contributed by atoms with Crippen LogP contribution in [0.5, 0.6) is 0 Å². The SMILES string of the molecule is CCC(CSC)NC(=O)/C=C/c1cccc(N)c1. The van der Waals surface area contributed by atoms with Gasteiger partial charge in [-0.3, -0.25) is 4.79 Å². The maximum absolute atomic E-state index is 11.7. The van der Waals surface area contributed by atoms with Crippen molar-refractivity contribution in [1.29, 1.82) is 0 Å². The molecule has 1 aromatic carbocycles. The minimum Gasteiger partial charge on any atom is -0.399 e. The lowest BCUT2D eigenvalue weighted by Crippen LogP contribution is -2.34. The molecular weight excluding hydrogens is 244 g/mol. The van der Waals surface area contributed by atoms with Crippen LogP contribution in [0.4, 0.5) is 5.69 Å². The molecule has 98 valence electrons. The standard InChI is InChI=1S/C14H20N2OS/c1-3-13(10-18-2)16-14(17)8-7-11-5-4-6-12(15)9-11/h4-9,13H,3,10,15H2,1-2H3,(H,16,17)/b8-7+. The monoisotopic (exact) mass is 264 g/mol. The number of benzene rings is 1. The van der Waals surface area contributed by atoms with E-state index in [-0.39, 0.29) is 11.9 Å². The molecule has 0 aliphatic heterocycles. The summed E-state index contributed by atoms with van der Waals surface area (Å²) in [5.74, 6) is 0.882. The zero-order valence-corrected chi connectivity index (χ0v) is 11.7. The molecule has 3 N–H and O–H groups in total. The maximum atomic E-state index is 11.7. The van der Waals surface area contributed by atoms with E-state index in [1.807, 2.05) is 30.5 Å². The highest BCUT2D eigenvalue weighted by Gasteiger charge is 2.06. The number of nitrogens with one attached hydrogen (secondary N) is 1. The normalized spacial score (nSPS) is 12.6. The summed E-state index contributed by atoms with van der Waals surface area (Å²) in [6.07, 6.45) is 6.31. The van der Waals surface area contributed by atoms with Gasteiger partial charge in [0.1, 0.15) is 0 Å². The minimum atomic E-state index is -0.0571. The van der Waals surface area contributed by atoms with Crippen LogP contribution in [0.2, 0.25) is 0 Å². The summed E-state index contributed by atoms with van der Waals surface area (Å²) in [5.41, 5.74) is 7.30. The van der Waals surface area contributed by atoms with Crippen LogP contribution in [-0.2, 0) is 4.79 Å². The summed E-state index contributed by atoms with van der Waals surface area (Å²) < 4.78 is 0. The predicted octanol–water partition coefficient (Wildman–Crippen LogP) is 2.54. The third kappa shape index (κ3) is 5.27. The van der Waals surface area contributed by atoms with Crippen molar-refractivity contribution in [2.45, 2.75) is 19.4 Å². The number of thioether (sulfide) groups is 1. The number of nitrogens with two attached hydrogens (primary N) is 1. The van der Waals surface area contributed by atoms with Gasteiger partial charge in [-0.2, -0.15) is 11.8 Å². The van der Waals surface area contributed by atoms with Gasteiger partial charge in [0.05, 0.1) is 0 Å². The van der Waals surface area contributed by atoms with Crippen molar-refractivity contribution in [3.8, 4) is 0 Å². The van der Waals surface area contributed by atoms with Crippen LogP contribution in [-0.4, -0.2) is 24.0 Å². The topological polar surface area (TPSA) is 55.1 Å². The fourth-order valence-electron chi connectivity index (χ4n) is 1.55. The summed E-state index contributed by atoms with van der Waals surface area (Å²) in [7, 11) is 0. The lowest BCUT2D eigenvalue weighted by molar-refractivity contribution is -0.117. The molecule has 1 atom stereocenters. The first-order valence-electron chi connectivity index (χ1n) is 5.98. The Hall–Kier alpha value is -1.42. The molecule has 1 rings (SSSR count). The molecule has 0 bridgehead atoms. The van der Waals surface area contributed by atoms with Crippen molar-refractivity contribution in [1.82, 2.24) is 5.32 Å². The van der Waals surface area contributed by atoms with Gasteiger partial charge < -0.3 is 11.1 Å². The van der Waals surface area contributed by atoms with Gasteiger partial charge in [-0.1, -0.05) is 19.1 Å². The zero-order valence-electron chi connectivity index (χ0n) is 10.8. The molecule has 0 fully saturated rings. The predicted molar refractivity (Wildman–Crippen MR) is 80.5 cm³/mol. The van der Waals surface area contributed by atoms with E-state index in [1.165, 1.54) is 0 Å². The fourth-order valence-corrected chi connectivity index (χ4v) is 2.27. The van der Waals surface area contributed by atoms with Gasteiger partial charge in [0, 0.05) is 23.6 Å². The molecule has 0 aliphatic carbocycles. The fraction of sp³-hybridized carbons (Fsp3) is 0.357. The third-order valence-electron chi connectivity index (χ3n) is 2.54. The molecule has 1 aromatic rings. The van der Waals surface area contributed by atoms with Gasteiger partial charge in [-0.05, 0) is 36.4 Å². The van der Waals surface area contributed by atoms with Crippen LogP contribution in [0.25, 0.3) is 6.08 Å². The van der Waals surface area contributed by atoms with Crippen molar-refractivity contribution in [3.63, 3.8) is 0 Å². The average Bonchev–Trinajstić information content (AvgIpc) is 2.36. The highest BCUT2D eigenvalue weighted by Crippen LogP contribution is 2.08. The van der Waals surface area contributed by atoms with Gasteiger partial charge in [0.15, 0.2) is 0 Å². The van der Waals surface area contributed by atoms with E-state index in [1.54, 1.807) is 23.9 Å². The molecule has 1 amide bonds. The van der Waals surface area contributed by atoms with E-state index >= 15 is 0 Å². The van der Waals surface area contributed by atoms with Gasteiger partial charge in [-0.25, -0.2) is 0 Å². The smallest absolute Gasteiger partial charge is 0.244 e. The van der Waals surface area contributed by atoms with Crippen molar-refractivity contribution in [2.24, 2.45) is 0 Å². The highest BCUT2D eigenvalue weighted by atomic mass is 32.2. The summed E-state index contributed by atoms with van der Waals surface area (Å²) in [6.45, 7) is 2.07. The van der Waals surface area contributed by atoms with E-state index in [2.05, 4.69) is 12.2 Å². The zero-order chi connectivity index (χ0) is 13.4. The molecular formula is C14H20N2OS. The van der Waals surface area contributed by atoms with Gasteiger partial charge >= 0.3 is 0 Å². The van der Waals surface area contributed by atoms with Crippen LogP contribution >= 0.6 is 11.8 Å². The second kappa shape index (κ2) is 7.82. The number of nitrogen functional groups attached to an aromatic ring is 1. The Kier molecular flexibility index (Phi) is 6.36. The summed E-state index contributed by atoms with van der Waals surface area (Å²) in [6, 6.07) is 7.68. The summed E-state index contributed by atoms with van der Waals surface area (Å²) in [4.78, 5) is 11.7. The van der Waals surface area contributed by atoms with Crippen molar-refractivity contribution in [2.75, 3.05) is 17.7 Å². The second-order valence-electron chi connectivity index (χ2n) is 4.07. The van der Waals surface area contributed by atoms with E-state index < -0.39 is 0 Å². The molecule has 4 heteroatoms. The van der Waals surface area contributed by atoms with Crippen LogP contribution in [0.15, 0.2) is 30.3 Å². The van der Waals surface area contributed by atoms with Crippen LogP contribution < -0.4 is 11.1 Å². The first-order valence-corrected chi connectivity index (χ1v) is 7.38. The first-order chi connectivity index (χ1) is 8.65.